The first-order valence-corrected chi connectivity index (χ1v) is 5.16. The van der Waals surface area contributed by atoms with Gasteiger partial charge in [-0.2, -0.15) is 0 Å². The number of ether oxygens (including phenoxy) is 1. The van der Waals surface area contributed by atoms with Crippen molar-refractivity contribution in [1.82, 2.24) is 15.3 Å². The van der Waals surface area contributed by atoms with Gasteiger partial charge in [0.25, 0.3) is 0 Å². The van der Waals surface area contributed by atoms with Gasteiger partial charge in [-0.25, -0.2) is 14.8 Å². The molecule has 0 atom stereocenters. The van der Waals surface area contributed by atoms with Crippen LogP contribution in [-0.4, -0.2) is 35.5 Å². The average molecular weight is 250 g/mol. The molecule has 7 nitrogen and oxygen atoms in total. The molecule has 18 heavy (non-hydrogen) atoms. The fourth-order valence-electron chi connectivity index (χ4n) is 1.12. The maximum absolute atomic E-state index is 11.3. The van der Waals surface area contributed by atoms with E-state index in [-0.39, 0.29) is 17.4 Å². The molecule has 3 N–H and O–H groups in total. The number of amides is 1. The molecule has 0 aromatic carbocycles. The van der Waals surface area contributed by atoms with E-state index in [1.165, 1.54) is 20.2 Å². The lowest BCUT2D eigenvalue weighted by Gasteiger charge is -2.02. The van der Waals surface area contributed by atoms with Gasteiger partial charge in [0.05, 0.1) is 19.0 Å². The predicted molar refractivity (Wildman–Crippen MR) is 65.5 cm³/mol. The Bertz CT molecular complexity index is 485. The number of carbonyl (C=O) groups excluding carboxylic acids is 2. The zero-order valence-corrected chi connectivity index (χ0v) is 10.1. The van der Waals surface area contributed by atoms with Crippen molar-refractivity contribution in [2.45, 2.75) is 6.92 Å². The molecule has 0 fully saturated rings. The number of hydrogen-bond acceptors (Lipinski definition) is 6. The lowest BCUT2D eigenvalue weighted by Crippen LogP contribution is -2.19. The van der Waals surface area contributed by atoms with Gasteiger partial charge >= 0.3 is 5.97 Å². The fourth-order valence-corrected chi connectivity index (χ4v) is 1.12. The van der Waals surface area contributed by atoms with E-state index in [1.54, 1.807) is 12.2 Å². The van der Waals surface area contributed by atoms with Crippen LogP contribution in [-0.2, 0) is 9.53 Å². The third-order valence-electron chi connectivity index (χ3n) is 1.96. The van der Waals surface area contributed by atoms with Gasteiger partial charge in [-0.3, -0.25) is 4.79 Å². The summed E-state index contributed by atoms with van der Waals surface area (Å²) in [6, 6.07) is 0. The molecule has 1 rings (SSSR count). The number of nitrogens with zero attached hydrogens (tertiary/aromatic N) is 2. The molecule has 0 aliphatic rings. The average Bonchev–Trinajstić information content (AvgIpc) is 2.35. The fraction of sp³-hybridized carbons (Fsp3) is 0.273. The normalized spacial score (nSPS) is 10.3. The summed E-state index contributed by atoms with van der Waals surface area (Å²) >= 11 is 0. The first-order chi connectivity index (χ1) is 8.54. The van der Waals surface area contributed by atoms with E-state index in [9.17, 15) is 9.59 Å². The Morgan fingerprint density at radius 3 is 2.89 bits per heavy atom. The van der Waals surface area contributed by atoms with E-state index < -0.39 is 5.97 Å². The minimum Gasteiger partial charge on any atom is -0.464 e. The van der Waals surface area contributed by atoms with Crippen molar-refractivity contribution in [1.29, 1.82) is 0 Å². The predicted octanol–water partition coefficient (Wildman–Crippen LogP) is -0.00530. The van der Waals surface area contributed by atoms with Gasteiger partial charge in [0.15, 0.2) is 11.5 Å². The summed E-state index contributed by atoms with van der Waals surface area (Å²) in [6.07, 6.45) is 4.73. The number of methoxy groups -OCH3 is 1. The maximum atomic E-state index is 11.3. The molecule has 0 saturated heterocycles. The second kappa shape index (κ2) is 6.33. The van der Waals surface area contributed by atoms with Gasteiger partial charge in [-0.05, 0) is 6.08 Å². The summed E-state index contributed by atoms with van der Waals surface area (Å²) in [6.45, 7) is 1.79. The Morgan fingerprint density at radius 1 is 1.56 bits per heavy atom. The highest BCUT2D eigenvalue weighted by molar-refractivity contribution is 5.91. The van der Waals surface area contributed by atoms with E-state index in [2.05, 4.69) is 20.0 Å². The first kappa shape index (κ1) is 13.6. The Hall–Kier alpha value is -2.44. The molecule has 7 heteroatoms. The lowest BCUT2D eigenvalue weighted by molar-refractivity contribution is -0.118. The van der Waals surface area contributed by atoms with Crippen LogP contribution >= 0.6 is 0 Å². The van der Waals surface area contributed by atoms with Crippen LogP contribution in [0.3, 0.4) is 0 Å². The number of hydrogen-bond donors (Lipinski definition) is 2. The summed E-state index contributed by atoms with van der Waals surface area (Å²) in [5.41, 5.74) is 5.93. The van der Waals surface area contributed by atoms with Crippen molar-refractivity contribution in [3.8, 4) is 0 Å². The molecule has 0 unspecified atom stereocenters. The van der Waals surface area contributed by atoms with Gasteiger partial charge in [0.1, 0.15) is 0 Å². The zero-order chi connectivity index (χ0) is 13.5. The number of aromatic nitrogens is 2. The minimum absolute atomic E-state index is 0.0147. The van der Waals surface area contributed by atoms with Crippen molar-refractivity contribution in [2.75, 3.05) is 19.4 Å². The summed E-state index contributed by atoms with van der Waals surface area (Å²) in [4.78, 5) is 29.8. The van der Waals surface area contributed by atoms with Crippen LogP contribution in [0.1, 0.15) is 23.1 Å². The summed E-state index contributed by atoms with van der Waals surface area (Å²) < 4.78 is 4.53. The SMILES string of the molecule is COC(=O)c1nc(C=CCNC(C)=O)cnc1N. The molecular formula is C11H14N4O3. The number of anilines is 1. The molecule has 96 valence electrons. The van der Waals surface area contributed by atoms with Gasteiger partial charge < -0.3 is 15.8 Å². The topological polar surface area (TPSA) is 107 Å². The van der Waals surface area contributed by atoms with Crippen molar-refractivity contribution >= 4 is 23.8 Å². The van der Waals surface area contributed by atoms with Crippen LogP contribution < -0.4 is 11.1 Å². The number of carbonyl (C=O) groups is 2. The Kier molecular flexibility index (Phi) is 4.79. The van der Waals surface area contributed by atoms with E-state index >= 15 is 0 Å². The molecule has 0 spiro atoms. The van der Waals surface area contributed by atoms with E-state index in [0.717, 1.165) is 0 Å². The van der Waals surface area contributed by atoms with E-state index in [4.69, 9.17) is 5.73 Å². The Morgan fingerprint density at radius 2 is 2.28 bits per heavy atom. The molecule has 0 radical (unpaired) electrons. The monoisotopic (exact) mass is 250 g/mol. The number of esters is 1. The van der Waals surface area contributed by atoms with E-state index in [1.807, 2.05) is 0 Å². The maximum Gasteiger partial charge on any atom is 0.360 e. The second-order valence-electron chi connectivity index (χ2n) is 3.36. The molecule has 0 bridgehead atoms. The van der Waals surface area contributed by atoms with Crippen LogP contribution in [0.5, 0.6) is 0 Å². The number of rotatable bonds is 4. The van der Waals surface area contributed by atoms with Gasteiger partial charge in [-0.1, -0.05) is 6.08 Å². The lowest BCUT2D eigenvalue weighted by atomic mass is 10.3. The van der Waals surface area contributed by atoms with Crippen molar-refractivity contribution in [3.63, 3.8) is 0 Å². The number of nitrogen functional groups attached to an aromatic ring is 1. The van der Waals surface area contributed by atoms with E-state index in [0.29, 0.717) is 12.2 Å². The molecule has 0 aliphatic heterocycles. The largest absolute Gasteiger partial charge is 0.464 e. The summed E-state index contributed by atoms with van der Waals surface area (Å²) in [5, 5.41) is 2.59. The van der Waals surface area contributed by atoms with Gasteiger partial charge in [0, 0.05) is 13.5 Å². The zero-order valence-electron chi connectivity index (χ0n) is 10.1. The second-order valence-corrected chi connectivity index (χ2v) is 3.36. The molecule has 0 saturated carbocycles. The summed E-state index contributed by atoms with van der Waals surface area (Å²) in [7, 11) is 1.24. The Labute approximate surface area is 104 Å². The van der Waals surface area contributed by atoms with Gasteiger partial charge in [0.2, 0.25) is 5.91 Å². The highest BCUT2D eigenvalue weighted by atomic mass is 16.5. The molecule has 1 amide bonds. The van der Waals surface area contributed by atoms with Crippen LogP contribution in [0.15, 0.2) is 12.3 Å². The molecular weight excluding hydrogens is 236 g/mol. The minimum atomic E-state index is -0.642. The highest BCUT2D eigenvalue weighted by Gasteiger charge is 2.13. The van der Waals surface area contributed by atoms with Crippen LogP contribution in [0.4, 0.5) is 5.82 Å². The van der Waals surface area contributed by atoms with Crippen LogP contribution in [0.25, 0.3) is 6.08 Å². The van der Waals surface area contributed by atoms with Crippen molar-refractivity contribution in [3.05, 3.63) is 23.7 Å². The molecule has 1 heterocycles. The highest BCUT2D eigenvalue weighted by Crippen LogP contribution is 2.08. The quantitative estimate of drug-likeness (QED) is 0.728. The standard InChI is InChI=1S/C11H14N4O3/c1-7(16)13-5-3-4-8-6-14-10(12)9(15-8)11(17)18-2/h3-4,6H,5H2,1-2H3,(H2,12,14)(H,13,16). The first-order valence-electron chi connectivity index (χ1n) is 5.16. The number of nitrogens with two attached hydrogens (primary N) is 1. The third-order valence-corrected chi connectivity index (χ3v) is 1.96. The van der Waals surface area contributed by atoms with Crippen molar-refractivity contribution < 1.29 is 14.3 Å². The van der Waals surface area contributed by atoms with Crippen molar-refractivity contribution in [2.24, 2.45) is 0 Å². The number of nitrogens with one attached hydrogen (secondary N) is 1. The molecule has 1 aromatic rings. The van der Waals surface area contributed by atoms with Gasteiger partial charge in [-0.15, -0.1) is 0 Å². The van der Waals surface area contributed by atoms with Crippen LogP contribution in [0, 0.1) is 0 Å². The molecule has 0 aliphatic carbocycles. The summed E-state index contributed by atoms with van der Waals surface area (Å²) in [5.74, 6) is -0.753. The smallest absolute Gasteiger partial charge is 0.360 e. The Balaban J connectivity index is 2.79. The molecule has 1 aromatic heterocycles. The van der Waals surface area contributed by atoms with Crippen LogP contribution in [0.2, 0.25) is 0 Å². The third kappa shape index (κ3) is 3.85.